The van der Waals surface area contributed by atoms with Crippen LogP contribution in [0, 0.1) is 0 Å². The summed E-state index contributed by atoms with van der Waals surface area (Å²) in [4.78, 5) is 2.32. The molecule has 6 nitrogen and oxygen atoms in total. The van der Waals surface area contributed by atoms with Crippen molar-refractivity contribution >= 4 is 5.95 Å². The van der Waals surface area contributed by atoms with E-state index in [-0.39, 0.29) is 0 Å². The summed E-state index contributed by atoms with van der Waals surface area (Å²) < 4.78 is 1.90. The van der Waals surface area contributed by atoms with E-state index in [0.29, 0.717) is 12.1 Å². The molecular formula is C14H18N6. The first kappa shape index (κ1) is 11.8. The Kier molecular flexibility index (Phi) is 2.88. The first-order chi connectivity index (χ1) is 9.88. The zero-order valence-electron chi connectivity index (χ0n) is 11.3. The lowest BCUT2D eigenvalue weighted by Crippen LogP contribution is -2.52. The van der Waals surface area contributed by atoms with Crippen LogP contribution in [-0.2, 0) is 6.54 Å². The van der Waals surface area contributed by atoms with Crippen molar-refractivity contribution in [3.8, 4) is 0 Å². The van der Waals surface area contributed by atoms with Crippen LogP contribution in [0.5, 0.6) is 0 Å². The maximum absolute atomic E-state index is 4.23. The van der Waals surface area contributed by atoms with Gasteiger partial charge in [0.15, 0.2) is 0 Å². The Labute approximate surface area is 117 Å². The third-order valence-electron chi connectivity index (χ3n) is 4.19. The van der Waals surface area contributed by atoms with Gasteiger partial charge in [-0.25, -0.2) is 4.68 Å². The zero-order valence-corrected chi connectivity index (χ0v) is 11.3. The van der Waals surface area contributed by atoms with Crippen molar-refractivity contribution in [2.24, 2.45) is 0 Å². The summed E-state index contributed by atoms with van der Waals surface area (Å²) in [5.41, 5.74) is 1.22. The summed E-state index contributed by atoms with van der Waals surface area (Å²) in [6.07, 6.45) is 2.53. The quantitative estimate of drug-likeness (QED) is 0.888. The van der Waals surface area contributed by atoms with Crippen molar-refractivity contribution in [1.29, 1.82) is 0 Å². The summed E-state index contributed by atoms with van der Waals surface area (Å²) in [6.45, 7) is 2.74. The number of hydrogen-bond donors (Lipinski definition) is 1. The van der Waals surface area contributed by atoms with Gasteiger partial charge >= 0.3 is 0 Å². The van der Waals surface area contributed by atoms with Crippen LogP contribution in [0.1, 0.15) is 18.4 Å². The van der Waals surface area contributed by atoms with Gasteiger partial charge < -0.3 is 10.2 Å². The number of aromatic nitrogens is 4. The van der Waals surface area contributed by atoms with Crippen molar-refractivity contribution in [3.05, 3.63) is 35.9 Å². The first-order valence-electron chi connectivity index (χ1n) is 7.19. The van der Waals surface area contributed by atoms with Gasteiger partial charge in [0.1, 0.15) is 0 Å². The highest BCUT2D eigenvalue weighted by Gasteiger charge is 2.34. The van der Waals surface area contributed by atoms with Crippen molar-refractivity contribution in [1.82, 2.24) is 25.5 Å². The summed E-state index contributed by atoms with van der Waals surface area (Å²) in [6, 6.07) is 11.5. The Balaban J connectivity index is 1.56. The molecule has 0 saturated carbocycles. The Morgan fingerprint density at radius 2 is 1.85 bits per heavy atom. The van der Waals surface area contributed by atoms with Gasteiger partial charge in [0.2, 0.25) is 5.95 Å². The van der Waals surface area contributed by atoms with E-state index in [1.807, 2.05) is 22.9 Å². The molecule has 104 valence electrons. The van der Waals surface area contributed by atoms with Crippen molar-refractivity contribution < 1.29 is 0 Å². The molecule has 0 spiro atoms. The van der Waals surface area contributed by atoms with Gasteiger partial charge in [0.05, 0.1) is 6.54 Å². The molecule has 2 fully saturated rings. The topological polar surface area (TPSA) is 58.9 Å². The van der Waals surface area contributed by atoms with E-state index in [1.165, 1.54) is 18.4 Å². The number of hydrogen-bond acceptors (Lipinski definition) is 5. The van der Waals surface area contributed by atoms with Crippen molar-refractivity contribution in [2.75, 3.05) is 18.0 Å². The predicted molar refractivity (Wildman–Crippen MR) is 75.5 cm³/mol. The molecule has 2 saturated heterocycles. The lowest BCUT2D eigenvalue weighted by Gasteiger charge is -2.32. The molecule has 2 bridgehead atoms. The summed E-state index contributed by atoms with van der Waals surface area (Å²) >= 11 is 0. The number of rotatable bonds is 3. The van der Waals surface area contributed by atoms with Crippen molar-refractivity contribution in [2.45, 2.75) is 31.5 Å². The molecule has 2 aliphatic heterocycles. The largest absolute Gasteiger partial charge is 0.337 e. The Hall–Kier alpha value is -1.95. The maximum Gasteiger partial charge on any atom is 0.245 e. The molecule has 2 atom stereocenters. The van der Waals surface area contributed by atoms with E-state index in [0.717, 1.165) is 25.6 Å². The van der Waals surface area contributed by atoms with Gasteiger partial charge in [-0.1, -0.05) is 35.4 Å². The fourth-order valence-corrected chi connectivity index (χ4v) is 3.25. The summed E-state index contributed by atoms with van der Waals surface area (Å²) in [7, 11) is 0. The highest BCUT2D eigenvalue weighted by Crippen LogP contribution is 2.23. The third-order valence-corrected chi connectivity index (χ3v) is 4.19. The monoisotopic (exact) mass is 270 g/mol. The Morgan fingerprint density at radius 1 is 1.10 bits per heavy atom. The van der Waals surface area contributed by atoms with Gasteiger partial charge in [0.25, 0.3) is 0 Å². The number of fused-ring (bicyclic) bond motifs is 2. The average Bonchev–Trinajstić information content (AvgIpc) is 3.07. The second kappa shape index (κ2) is 4.86. The lowest BCUT2D eigenvalue weighted by atomic mass is 10.2. The highest BCUT2D eigenvalue weighted by atomic mass is 15.6. The third kappa shape index (κ3) is 2.16. The van der Waals surface area contributed by atoms with E-state index in [2.05, 4.69) is 37.9 Å². The molecular weight excluding hydrogens is 252 g/mol. The SMILES string of the molecule is c1ccc(Cn2nnnc2N2CC3CCC(C2)N3)cc1. The summed E-state index contributed by atoms with van der Waals surface area (Å²) in [5.74, 6) is 0.896. The summed E-state index contributed by atoms with van der Waals surface area (Å²) in [5, 5.41) is 15.9. The second-order valence-corrected chi connectivity index (χ2v) is 5.66. The molecule has 1 N–H and O–H groups in total. The van der Waals surface area contributed by atoms with Gasteiger partial charge in [0, 0.05) is 25.2 Å². The number of nitrogens with one attached hydrogen (secondary N) is 1. The fourth-order valence-electron chi connectivity index (χ4n) is 3.25. The smallest absolute Gasteiger partial charge is 0.245 e. The zero-order chi connectivity index (χ0) is 13.4. The molecule has 20 heavy (non-hydrogen) atoms. The Morgan fingerprint density at radius 3 is 2.60 bits per heavy atom. The standard InChI is InChI=1S/C14H18N6/c1-2-4-11(5-3-1)8-20-14(16-17-18-20)19-9-12-6-7-13(10-19)15-12/h1-5,12-13,15H,6-10H2. The van der Waals surface area contributed by atoms with Crippen LogP contribution in [0.25, 0.3) is 0 Å². The van der Waals surface area contributed by atoms with Gasteiger partial charge in [-0.2, -0.15) is 0 Å². The van der Waals surface area contributed by atoms with Crippen LogP contribution < -0.4 is 10.2 Å². The van der Waals surface area contributed by atoms with Crippen LogP contribution in [0.3, 0.4) is 0 Å². The van der Waals surface area contributed by atoms with Crippen LogP contribution in [0.4, 0.5) is 5.95 Å². The molecule has 3 heterocycles. The molecule has 4 rings (SSSR count). The number of nitrogens with zero attached hydrogens (tertiary/aromatic N) is 5. The molecule has 1 aromatic heterocycles. The van der Waals surface area contributed by atoms with E-state index in [9.17, 15) is 0 Å². The number of benzene rings is 1. The average molecular weight is 270 g/mol. The number of piperazine rings is 1. The first-order valence-corrected chi connectivity index (χ1v) is 7.19. The maximum atomic E-state index is 4.23. The molecule has 0 aliphatic carbocycles. The Bertz CT molecular complexity index is 568. The minimum atomic E-state index is 0.593. The molecule has 2 aliphatic rings. The molecule has 0 amide bonds. The number of anilines is 1. The van der Waals surface area contributed by atoms with Gasteiger partial charge in [-0.15, -0.1) is 0 Å². The molecule has 6 heteroatoms. The van der Waals surface area contributed by atoms with Gasteiger partial charge in [-0.05, 0) is 28.8 Å². The van der Waals surface area contributed by atoms with E-state index >= 15 is 0 Å². The van der Waals surface area contributed by atoms with Gasteiger partial charge in [-0.3, -0.25) is 0 Å². The minimum absolute atomic E-state index is 0.593. The normalized spacial score (nSPS) is 25.1. The van der Waals surface area contributed by atoms with Crippen molar-refractivity contribution in [3.63, 3.8) is 0 Å². The van der Waals surface area contributed by atoms with E-state index in [4.69, 9.17) is 0 Å². The molecule has 1 aromatic carbocycles. The van der Waals surface area contributed by atoms with Crippen LogP contribution in [0.2, 0.25) is 0 Å². The van der Waals surface area contributed by atoms with Crippen LogP contribution >= 0.6 is 0 Å². The minimum Gasteiger partial charge on any atom is -0.337 e. The van der Waals surface area contributed by atoms with E-state index < -0.39 is 0 Å². The van der Waals surface area contributed by atoms with Crippen LogP contribution in [0.15, 0.2) is 30.3 Å². The highest BCUT2D eigenvalue weighted by molar-refractivity contribution is 5.32. The van der Waals surface area contributed by atoms with Crippen LogP contribution in [-0.4, -0.2) is 45.4 Å². The molecule has 2 aromatic rings. The molecule has 2 unspecified atom stereocenters. The molecule has 0 radical (unpaired) electrons. The lowest BCUT2D eigenvalue weighted by molar-refractivity contribution is 0.454. The number of tetrazole rings is 1. The second-order valence-electron chi connectivity index (χ2n) is 5.66. The predicted octanol–water partition coefficient (Wildman–Crippen LogP) is 0.662. The van der Waals surface area contributed by atoms with E-state index in [1.54, 1.807) is 0 Å². The fraction of sp³-hybridized carbons (Fsp3) is 0.500.